The van der Waals surface area contributed by atoms with Crippen LogP contribution in [0.5, 0.6) is 0 Å². The van der Waals surface area contributed by atoms with Crippen LogP contribution in [0.3, 0.4) is 0 Å². The average Bonchev–Trinajstić information content (AvgIpc) is 3.11. The Labute approximate surface area is 136 Å². The molecule has 2 amide bonds. The molecule has 2 aromatic rings. The molecule has 5 nitrogen and oxygen atoms in total. The van der Waals surface area contributed by atoms with Crippen LogP contribution in [0.2, 0.25) is 0 Å². The fourth-order valence-electron chi connectivity index (χ4n) is 2.95. The number of carbonyl (C=O) groups is 2. The van der Waals surface area contributed by atoms with Crippen molar-refractivity contribution in [3.05, 3.63) is 30.5 Å². The Hall–Kier alpha value is -2.30. The highest BCUT2D eigenvalue weighted by Crippen LogP contribution is 2.22. The van der Waals surface area contributed by atoms with Gasteiger partial charge in [-0.15, -0.1) is 0 Å². The molecule has 5 heteroatoms. The van der Waals surface area contributed by atoms with Crippen LogP contribution in [0.4, 0.5) is 5.69 Å². The van der Waals surface area contributed by atoms with Gasteiger partial charge in [-0.1, -0.05) is 19.9 Å². The molecule has 1 saturated heterocycles. The van der Waals surface area contributed by atoms with E-state index in [4.69, 9.17) is 0 Å². The second-order valence-electron chi connectivity index (χ2n) is 6.69. The van der Waals surface area contributed by atoms with E-state index < -0.39 is 0 Å². The van der Waals surface area contributed by atoms with Gasteiger partial charge in [-0.25, -0.2) is 0 Å². The molecule has 1 aromatic heterocycles. The molecule has 2 N–H and O–H groups in total. The van der Waals surface area contributed by atoms with E-state index in [-0.39, 0.29) is 17.7 Å². The first-order valence-electron chi connectivity index (χ1n) is 8.18. The summed E-state index contributed by atoms with van der Waals surface area (Å²) in [6.45, 7) is 5.56. The van der Waals surface area contributed by atoms with E-state index in [0.717, 1.165) is 29.6 Å². The van der Waals surface area contributed by atoms with E-state index >= 15 is 0 Å². The van der Waals surface area contributed by atoms with Crippen molar-refractivity contribution in [2.75, 3.05) is 18.4 Å². The van der Waals surface area contributed by atoms with Crippen molar-refractivity contribution in [1.29, 1.82) is 0 Å². The molecule has 3 rings (SSSR count). The summed E-state index contributed by atoms with van der Waals surface area (Å²) in [5.41, 5.74) is 1.75. The largest absolute Gasteiger partial charge is 0.361 e. The van der Waals surface area contributed by atoms with Gasteiger partial charge in [0.25, 0.3) is 0 Å². The molecule has 0 bridgehead atoms. The summed E-state index contributed by atoms with van der Waals surface area (Å²) < 4.78 is 0. The van der Waals surface area contributed by atoms with Crippen molar-refractivity contribution in [2.24, 2.45) is 11.8 Å². The number of H-pyrrole nitrogens is 1. The lowest BCUT2D eigenvalue weighted by molar-refractivity contribution is -0.128. The quantitative estimate of drug-likeness (QED) is 0.891. The molecule has 1 aliphatic rings. The summed E-state index contributed by atoms with van der Waals surface area (Å²) in [5.74, 6) is 0.319. The number of hydrogen-bond acceptors (Lipinski definition) is 2. The molecule has 0 spiro atoms. The molecule has 0 aliphatic carbocycles. The summed E-state index contributed by atoms with van der Waals surface area (Å²) in [6, 6.07) is 7.77. The molecule has 1 unspecified atom stereocenters. The topological polar surface area (TPSA) is 65.2 Å². The van der Waals surface area contributed by atoms with Crippen molar-refractivity contribution < 1.29 is 9.59 Å². The number of nitrogens with one attached hydrogen (secondary N) is 2. The van der Waals surface area contributed by atoms with E-state index in [1.54, 1.807) is 0 Å². The van der Waals surface area contributed by atoms with Gasteiger partial charge in [0.1, 0.15) is 0 Å². The summed E-state index contributed by atoms with van der Waals surface area (Å²) in [4.78, 5) is 29.4. The summed E-state index contributed by atoms with van der Waals surface area (Å²) in [6.07, 6.45) is 3.16. The molecule has 1 aliphatic heterocycles. The van der Waals surface area contributed by atoms with E-state index in [9.17, 15) is 9.59 Å². The first-order chi connectivity index (χ1) is 11.0. The van der Waals surface area contributed by atoms with Crippen LogP contribution in [-0.4, -0.2) is 34.8 Å². The van der Waals surface area contributed by atoms with Gasteiger partial charge in [-0.2, -0.15) is 0 Å². The Morgan fingerprint density at radius 3 is 3.00 bits per heavy atom. The van der Waals surface area contributed by atoms with Crippen LogP contribution in [0.15, 0.2) is 30.5 Å². The van der Waals surface area contributed by atoms with Crippen LogP contribution in [0, 0.1) is 11.8 Å². The van der Waals surface area contributed by atoms with Crippen LogP contribution in [-0.2, 0) is 9.59 Å². The second kappa shape index (κ2) is 6.44. The highest BCUT2D eigenvalue weighted by Gasteiger charge is 2.34. The zero-order valence-electron chi connectivity index (χ0n) is 13.6. The minimum atomic E-state index is -0.256. The lowest BCUT2D eigenvalue weighted by atomic mass is 10.1. The predicted molar refractivity (Wildman–Crippen MR) is 91.1 cm³/mol. The Morgan fingerprint density at radius 2 is 2.22 bits per heavy atom. The van der Waals surface area contributed by atoms with E-state index in [1.807, 2.05) is 35.4 Å². The molecule has 1 atom stereocenters. The molecular formula is C18H23N3O2. The van der Waals surface area contributed by atoms with Gasteiger partial charge < -0.3 is 15.2 Å². The number of rotatable bonds is 5. The smallest absolute Gasteiger partial charge is 0.229 e. The summed E-state index contributed by atoms with van der Waals surface area (Å²) >= 11 is 0. The fraction of sp³-hybridized carbons (Fsp3) is 0.444. The van der Waals surface area contributed by atoms with Crippen molar-refractivity contribution in [3.8, 4) is 0 Å². The maximum absolute atomic E-state index is 12.4. The Balaban J connectivity index is 1.61. The average molecular weight is 313 g/mol. The van der Waals surface area contributed by atoms with Gasteiger partial charge in [0, 0.05) is 36.9 Å². The van der Waals surface area contributed by atoms with Gasteiger partial charge in [0.15, 0.2) is 0 Å². The summed E-state index contributed by atoms with van der Waals surface area (Å²) in [7, 11) is 0. The monoisotopic (exact) mass is 313 g/mol. The van der Waals surface area contributed by atoms with Gasteiger partial charge in [-0.3, -0.25) is 9.59 Å². The SMILES string of the molecule is CC(C)CCN1CC(C(=O)Nc2ccc3cc[nH]c3c2)CC1=O. The number of aromatic amines is 1. The zero-order valence-corrected chi connectivity index (χ0v) is 13.6. The first kappa shape index (κ1) is 15.6. The lowest BCUT2D eigenvalue weighted by Crippen LogP contribution is -2.29. The number of fused-ring (bicyclic) bond motifs is 1. The first-order valence-corrected chi connectivity index (χ1v) is 8.18. The third-order valence-corrected chi connectivity index (χ3v) is 4.38. The van der Waals surface area contributed by atoms with Gasteiger partial charge in [-0.05, 0) is 35.9 Å². The standard InChI is InChI=1S/C18H23N3O2/c1-12(2)6-8-21-11-14(9-17(21)22)18(23)20-15-4-3-13-5-7-19-16(13)10-15/h3-5,7,10,12,14,19H,6,8-9,11H2,1-2H3,(H,20,23). The van der Waals surface area contributed by atoms with Crippen molar-refractivity contribution in [1.82, 2.24) is 9.88 Å². The zero-order chi connectivity index (χ0) is 16.4. The normalized spacial score (nSPS) is 18.1. The minimum Gasteiger partial charge on any atom is -0.361 e. The maximum Gasteiger partial charge on any atom is 0.229 e. The van der Waals surface area contributed by atoms with Crippen molar-refractivity contribution in [2.45, 2.75) is 26.7 Å². The number of amides is 2. The second-order valence-corrected chi connectivity index (χ2v) is 6.69. The van der Waals surface area contributed by atoms with Gasteiger partial charge in [0.2, 0.25) is 11.8 Å². The third-order valence-electron chi connectivity index (χ3n) is 4.38. The van der Waals surface area contributed by atoms with Crippen LogP contribution < -0.4 is 5.32 Å². The molecule has 0 saturated carbocycles. The number of nitrogens with zero attached hydrogens (tertiary/aromatic N) is 1. The number of hydrogen-bond donors (Lipinski definition) is 2. The number of benzene rings is 1. The molecular weight excluding hydrogens is 290 g/mol. The third kappa shape index (κ3) is 3.55. The van der Waals surface area contributed by atoms with Crippen molar-refractivity contribution >= 4 is 28.4 Å². The van der Waals surface area contributed by atoms with Crippen LogP contribution >= 0.6 is 0 Å². The summed E-state index contributed by atoms with van der Waals surface area (Å²) in [5, 5.41) is 4.04. The van der Waals surface area contributed by atoms with Crippen LogP contribution in [0.1, 0.15) is 26.7 Å². The highest BCUT2D eigenvalue weighted by atomic mass is 16.2. The van der Waals surface area contributed by atoms with E-state index in [1.165, 1.54) is 0 Å². The molecule has 0 radical (unpaired) electrons. The van der Waals surface area contributed by atoms with Gasteiger partial charge in [0.05, 0.1) is 5.92 Å². The molecule has 23 heavy (non-hydrogen) atoms. The Morgan fingerprint density at radius 1 is 1.39 bits per heavy atom. The molecule has 1 aromatic carbocycles. The van der Waals surface area contributed by atoms with Gasteiger partial charge >= 0.3 is 0 Å². The van der Waals surface area contributed by atoms with Crippen molar-refractivity contribution in [3.63, 3.8) is 0 Å². The number of anilines is 1. The molecule has 122 valence electrons. The molecule has 1 fully saturated rings. The number of likely N-dealkylation sites (tertiary alicyclic amines) is 1. The lowest BCUT2D eigenvalue weighted by Gasteiger charge is -2.17. The number of aromatic nitrogens is 1. The highest BCUT2D eigenvalue weighted by molar-refractivity contribution is 5.98. The Bertz CT molecular complexity index is 720. The predicted octanol–water partition coefficient (Wildman–Crippen LogP) is 3.00. The minimum absolute atomic E-state index is 0.0729. The maximum atomic E-state index is 12.4. The van der Waals surface area contributed by atoms with E-state index in [2.05, 4.69) is 24.1 Å². The van der Waals surface area contributed by atoms with Crippen LogP contribution in [0.25, 0.3) is 10.9 Å². The Kier molecular flexibility index (Phi) is 4.37. The van der Waals surface area contributed by atoms with E-state index in [0.29, 0.717) is 18.9 Å². The fourth-order valence-corrected chi connectivity index (χ4v) is 2.95. The number of carbonyl (C=O) groups excluding carboxylic acids is 2. The molecule has 2 heterocycles.